The number of allylic oxidation sites excluding steroid dienone is 13. The summed E-state index contributed by atoms with van der Waals surface area (Å²) in [6, 6.07) is -0.904. The fourth-order valence-corrected chi connectivity index (χ4v) is 9.38. The van der Waals surface area contributed by atoms with Crippen LogP contribution in [0.5, 0.6) is 0 Å². The third-order valence-corrected chi connectivity index (χ3v) is 14.5. The molecule has 0 aliphatic rings. The zero-order chi connectivity index (χ0) is 55.7. The van der Waals surface area contributed by atoms with Crippen molar-refractivity contribution in [3.05, 3.63) is 85.1 Å². The molecule has 10 heteroatoms. The third kappa shape index (κ3) is 55.9. The number of hydrogen-bond acceptors (Lipinski definition) is 7. The summed E-state index contributed by atoms with van der Waals surface area (Å²) in [5.74, 6) is -0.571. The number of unbranched alkanes of at least 4 members (excludes halogenated alkanes) is 28. The molecule has 0 fully saturated rings. The molecule has 0 aliphatic carbocycles. The maximum atomic E-state index is 13.5. The highest BCUT2D eigenvalue weighted by Crippen LogP contribution is 2.38. The maximum Gasteiger partial charge on any atom is 0.306 e. The van der Waals surface area contributed by atoms with Crippen molar-refractivity contribution >= 4 is 19.7 Å². The lowest BCUT2D eigenvalue weighted by atomic mass is 10.0. The molecular weight excluding hydrogens is 964 g/mol. The number of phosphoric acid groups is 1. The van der Waals surface area contributed by atoms with E-state index in [9.17, 15) is 19.0 Å². The minimum absolute atomic E-state index is 0.0306. The second-order valence-electron chi connectivity index (χ2n) is 22.2. The maximum absolute atomic E-state index is 13.5. The van der Waals surface area contributed by atoms with E-state index in [1.807, 2.05) is 33.3 Å². The van der Waals surface area contributed by atoms with Gasteiger partial charge in [-0.1, -0.05) is 235 Å². The molecule has 0 aliphatic heterocycles. The average Bonchev–Trinajstić information content (AvgIpc) is 3.38. The van der Waals surface area contributed by atoms with Gasteiger partial charge in [0.25, 0.3) is 7.82 Å². The molecule has 1 N–H and O–H groups in total. The summed E-state index contributed by atoms with van der Waals surface area (Å²) >= 11 is 0. The standard InChI is InChI=1S/C66H119N2O7P/c1-7-10-13-16-19-22-25-28-30-32-33-34-35-37-39-41-44-47-50-53-56-59-66(70)75-64(57-54-51-48-45-42-27-24-21-18-15-12-9-3)63(62-74-76(71,72)73-61-60-68(4,5)6)67-65(69)58-55-52-49-46-43-40-38-36-31-29-26-23-20-17-14-11-8-2/h19-20,22-23,28-31,33-34,37,39,54,57,63-64H,7-18,21,24-27,32,35-36,38,40-53,55-56,58-62H2,1-6H3,(H-,67,69,71,72)/b22-19-,23-20-,30-28-,31-29-,34-33-,39-37-,57-54+. The average molecular weight is 1080 g/mol. The van der Waals surface area contributed by atoms with Crippen LogP contribution in [0.15, 0.2) is 85.1 Å². The van der Waals surface area contributed by atoms with Gasteiger partial charge in [-0.05, 0) is 109 Å². The van der Waals surface area contributed by atoms with Crippen molar-refractivity contribution in [3.8, 4) is 0 Å². The molecule has 0 aromatic heterocycles. The van der Waals surface area contributed by atoms with E-state index in [1.165, 1.54) is 122 Å². The van der Waals surface area contributed by atoms with Gasteiger partial charge < -0.3 is 28.5 Å². The smallest absolute Gasteiger partial charge is 0.306 e. The molecule has 0 bridgehead atoms. The molecule has 0 heterocycles. The van der Waals surface area contributed by atoms with Gasteiger partial charge >= 0.3 is 5.97 Å². The number of hydrogen-bond donors (Lipinski definition) is 1. The first-order valence-corrected chi connectivity index (χ1v) is 32.9. The van der Waals surface area contributed by atoms with Crippen LogP contribution in [0.4, 0.5) is 0 Å². The van der Waals surface area contributed by atoms with Crippen LogP contribution in [0.25, 0.3) is 0 Å². The van der Waals surface area contributed by atoms with Crippen LogP contribution in [0, 0.1) is 0 Å². The highest BCUT2D eigenvalue weighted by atomic mass is 31.2. The zero-order valence-corrected chi connectivity index (χ0v) is 51.1. The molecule has 0 saturated heterocycles. The van der Waals surface area contributed by atoms with Crippen LogP contribution in [0.2, 0.25) is 0 Å². The number of nitrogens with one attached hydrogen (secondary N) is 1. The molecule has 440 valence electrons. The Hall–Kier alpha value is -2.81. The SMILES string of the molecule is CCCCC/C=C\C/C=C\C/C=C\C/C=C\CCCCCCCC(=O)OC(/C=C/CCCCCCCCCCCC)C(COP(=O)([O-])OCC[N+](C)(C)C)NC(=O)CCCCCCCCC/C=C\C/C=C\CCCCC. The molecule has 0 aromatic rings. The number of phosphoric ester groups is 1. The number of esters is 1. The van der Waals surface area contributed by atoms with Gasteiger partial charge in [0.05, 0.1) is 33.8 Å². The fourth-order valence-electron chi connectivity index (χ4n) is 8.65. The van der Waals surface area contributed by atoms with E-state index >= 15 is 0 Å². The summed E-state index contributed by atoms with van der Waals surface area (Å²) < 4.78 is 30.3. The van der Waals surface area contributed by atoms with E-state index in [-0.39, 0.29) is 24.9 Å². The minimum Gasteiger partial charge on any atom is -0.756 e. The number of carbonyl (C=O) groups is 2. The van der Waals surface area contributed by atoms with Crippen LogP contribution in [-0.2, 0) is 27.9 Å². The first kappa shape index (κ1) is 73.2. The van der Waals surface area contributed by atoms with Gasteiger partial charge in [0.1, 0.15) is 19.3 Å². The molecule has 1 amide bonds. The van der Waals surface area contributed by atoms with Crippen LogP contribution in [0.3, 0.4) is 0 Å². The minimum atomic E-state index is -4.71. The molecule has 3 unspecified atom stereocenters. The van der Waals surface area contributed by atoms with E-state index < -0.39 is 26.6 Å². The Morgan fingerprint density at radius 1 is 0.461 bits per heavy atom. The summed E-state index contributed by atoms with van der Waals surface area (Å²) in [5, 5.41) is 3.02. The number of carbonyl (C=O) groups excluding carboxylic acids is 2. The third-order valence-electron chi connectivity index (χ3n) is 13.5. The van der Waals surface area contributed by atoms with Gasteiger partial charge in [0.15, 0.2) is 0 Å². The summed E-state index contributed by atoms with van der Waals surface area (Å²) in [7, 11) is 1.16. The summed E-state index contributed by atoms with van der Waals surface area (Å²) in [4.78, 5) is 40.0. The van der Waals surface area contributed by atoms with E-state index in [4.69, 9.17) is 13.8 Å². The lowest BCUT2D eigenvalue weighted by Crippen LogP contribution is -2.47. The molecule has 3 atom stereocenters. The highest BCUT2D eigenvalue weighted by Gasteiger charge is 2.27. The molecule has 76 heavy (non-hydrogen) atoms. The Labute approximate surface area is 469 Å². The van der Waals surface area contributed by atoms with Crippen molar-refractivity contribution in [1.29, 1.82) is 0 Å². The van der Waals surface area contributed by atoms with E-state index in [2.05, 4.69) is 99.0 Å². The second kappa shape index (κ2) is 55.5. The van der Waals surface area contributed by atoms with Crippen LogP contribution in [0.1, 0.15) is 271 Å². The number of rotatable bonds is 56. The molecule has 0 spiro atoms. The lowest BCUT2D eigenvalue weighted by Gasteiger charge is -2.30. The summed E-state index contributed by atoms with van der Waals surface area (Å²) in [5.41, 5.74) is 0. The van der Waals surface area contributed by atoms with Crippen LogP contribution < -0.4 is 10.2 Å². The van der Waals surface area contributed by atoms with Crippen molar-refractivity contribution in [2.45, 2.75) is 283 Å². The van der Waals surface area contributed by atoms with Crippen molar-refractivity contribution in [2.75, 3.05) is 40.9 Å². The Morgan fingerprint density at radius 2 is 0.803 bits per heavy atom. The Balaban J connectivity index is 5.30. The number of amides is 1. The van der Waals surface area contributed by atoms with Crippen LogP contribution in [-0.4, -0.2) is 69.4 Å². The van der Waals surface area contributed by atoms with Crippen molar-refractivity contribution in [1.82, 2.24) is 5.32 Å². The van der Waals surface area contributed by atoms with Gasteiger partial charge in [0.2, 0.25) is 5.91 Å². The fraction of sp³-hybridized carbons (Fsp3) is 0.758. The first-order valence-electron chi connectivity index (χ1n) is 31.4. The largest absolute Gasteiger partial charge is 0.756 e. The number of quaternary nitrogens is 1. The summed E-state index contributed by atoms with van der Waals surface area (Å²) in [6.45, 7) is 6.77. The predicted octanol–water partition coefficient (Wildman–Crippen LogP) is 18.8. The van der Waals surface area contributed by atoms with E-state index in [0.717, 1.165) is 109 Å². The molecule has 0 saturated carbocycles. The predicted molar refractivity (Wildman–Crippen MR) is 325 cm³/mol. The number of ether oxygens (including phenoxy) is 1. The molecule has 0 rings (SSSR count). The number of nitrogens with zero attached hydrogens (tertiary/aromatic N) is 1. The Bertz CT molecular complexity index is 1580. The zero-order valence-electron chi connectivity index (χ0n) is 50.2. The lowest BCUT2D eigenvalue weighted by molar-refractivity contribution is -0.870. The molecule has 9 nitrogen and oxygen atoms in total. The first-order chi connectivity index (χ1) is 36.9. The van der Waals surface area contributed by atoms with Crippen molar-refractivity contribution < 1.29 is 37.3 Å². The van der Waals surface area contributed by atoms with E-state index in [0.29, 0.717) is 23.9 Å². The van der Waals surface area contributed by atoms with Crippen molar-refractivity contribution in [2.24, 2.45) is 0 Å². The van der Waals surface area contributed by atoms with Crippen molar-refractivity contribution in [3.63, 3.8) is 0 Å². The topological polar surface area (TPSA) is 114 Å². The van der Waals surface area contributed by atoms with Gasteiger partial charge in [0, 0.05) is 12.8 Å². The Kier molecular flexibility index (Phi) is 53.5. The number of likely N-dealkylation sites (N-methyl/N-ethyl adjacent to an activating group) is 1. The quantitative estimate of drug-likeness (QED) is 0.0212. The monoisotopic (exact) mass is 1080 g/mol. The van der Waals surface area contributed by atoms with Crippen LogP contribution >= 0.6 is 7.82 Å². The molecule has 0 aromatic carbocycles. The highest BCUT2D eigenvalue weighted by molar-refractivity contribution is 7.45. The van der Waals surface area contributed by atoms with Gasteiger partial charge in [-0.15, -0.1) is 0 Å². The van der Waals surface area contributed by atoms with Gasteiger partial charge in [-0.2, -0.15) is 0 Å². The van der Waals surface area contributed by atoms with E-state index in [1.54, 1.807) is 0 Å². The van der Waals surface area contributed by atoms with Gasteiger partial charge in [-0.3, -0.25) is 14.2 Å². The summed E-state index contributed by atoms with van der Waals surface area (Å²) in [6.07, 6.45) is 72.5. The second-order valence-corrected chi connectivity index (χ2v) is 23.6. The molecule has 0 radical (unpaired) electrons. The Morgan fingerprint density at radius 3 is 1.22 bits per heavy atom. The van der Waals surface area contributed by atoms with Gasteiger partial charge in [-0.25, -0.2) is 0 Å². The normalized spacial score (nSPS) is 14.2. The molecular formula is C66H119N2O7P.